The molecule has 4 aliphatic rings. The molecule has 47 heavy (non-hydrogen) atoms. The second-order valence-corrected chi connectivity index (χ2v) is 15.6. The van der Waals surface area contributed by atoms with Crippen molar-refractivity contribution in [1.82, 2.24) is 4.98 Å². The molecule has 9 nitrogen and oxygen atoms in total. The van der Waals surface area contributed by atoms with Gasteiger partial charge in [-0.05, 0) is 84.7 Å². The molecule has 2 N–H and O–H groups in total. The van der Waals surface area contributed by atoms with Crippen molar-refractivity contribution < 1.29 is 23.9 Å². The molecule has 2 aliphatic heterocycles. The number of imide groups is 1. The Balaban J connectivity index is 1.09. The molecule has 3 amide bonds. The molecule has 3 heterocycles. The predicted molar refractivity (Wildman–Crippen MR) is 183 cm³/mol. The lowest BCUT2D eigenvalue weighted by molar-refractivity contribution is -0.123. The number of nitrogens with one attached hydrogen (secondary N) is 2. The highest BCUT2D eigenvalue weighted by atomic mass is 79.9. The highest BCUT2D eigenvalue weighted by Crippen LogP contribution is 2.68. The average molecular weight is 733 g/mol. The summed E-state index contributed by atoms with van der Waals surface area (Å²) in [6, 6.07) is 20.5. The highest BCUT2D eigenvalue weighted by Gasteiger charge is 2.69. The first-order valence-corrected chi connectivity index (χ1v) is 17.9. The molecule has 2 saturated carbocycles. The van der Waals surface area contributed by atoms with Crippen LogP contribution in [0.1, 0.15) is 28.3 Å². The number of halogens is 1. The topological polar surface area (TPSA) is 118 Å². The van der Waals surface area contributed by atoms with E-state index in [9.17, 15) is 19.2 Å². The zero-order valence-electron chi connectivity index (χ0n) is 25.4. The zero-order chi connectivity index (χ0) is 32.6. The van der Waals surface area contributed by atoms with Gasteiger partial charge in [-0.15, -0.1) is 11.8 Å². The smallest absolute Gasteiger partial charge is 0.305 e. The average Bonchev–Trinajstić information content (AvgIpc) is 3.80. The van der Waals surface area contributed by atoms with Gasteiger partial charge in [-0.25, -0.2) is 0 Å². The summed E-state index contributed by atoms with van der Waals surface area (Å²) in [5.41, 5.74) is 3.22. The number of rotatable bonds is 7. The van der Waals surface area contributed by atoms with Crippen molar-refractivity contribution in [2.24, 2.45) is 29.6 Å². The Bertz CT molecular complexity index is 1990. The number of carbonyl (C=O) groups excluding carboxylic acids is 3. The minimum absolute atomic E-state index is 0.0122. The van der Waals surface area contributed by atoms with Gasteiger partial charge in [0.25, 0.3) is 5.91 Å². The van der Waals surface area contributed by atoms with Crippen molar-refractivity contribution >= 4 is 68.1 Å². The molecule has 8 rings (SSSR count). The molecule has 0 radical (unpaired) electrons. The Kier molecular flexibility index (Phi) is 7.57. The molecule has 0 spiro atoms. The highest BCUT2D eigenvalue weighted by molar-refractivity contribution is 9.10. The second-order valence-electron chi connectivity index (χ2n) is 12.5. The number of thiazole rings is 1. The number of para-hydroxylation sites is 1. The van der Waals surface area contributed by atoms with E-state index >= 15 is 0 Å². The van der Waals surface area contributed by atoms with Gasteiger partial charge in [0.05, 0.1) is 29.7 Å². The number of methoxy groups -OCH3 is 1. The SMILES string of the molecule is COc1cc([C@@H]2c3sc(=O)[nH]c3S[C@@H]3[C@@H]4C[C@@H]([C@@H]5C(=O)N(c6ccc(Br)cc6)C(=O)[C@@H]45)[C@H]23)ccc1OCC(=O)Nc1ccccc1C. The van der Waals surface area contributed by atoms with E-state index in [2.05, 4.69) is 26.2 Å². The molecular weight excluding hydrogens is 702 g/mol. The van der Waals surface area contributed by atoms with Crippen LogP contribution in [-0.2, 0) is 14.4 Å². The fourth-order valence-electron chi connectivity index (χ4n) is 8.27. The van der Waals surface area contributed by atoms with Crippen LogP contribution in [0.3, 0.4) is 0 Å². The molecule has 3 aromatic carbocycles. The van der Waals surface area contributed by atoms with E-state index in [0.717, 1.165) is 37.6 Å². The monoisotopic (exact) mass is 731 g/mol. The number of fused-ring (bicyclic) bond motifs is 9. The largest absolute Gasteiger partial charge is 0.493 e. The van der Waals surface area contributed by atoms with Crippen LogP contribution in [0, 0.1) is 36.5 Å². The van der Waals surface area contributed by atoms with Crippen LogP contribution < -0.4 is 24.6 Å². The minimum Gasteiger partial charge on any atom is -0.493 e. The summed E-state index contributed by atoms with van der Waals surface area (Å²) in [5.74, 6) is -0.521. The molecule has 1 aromatic heterocycles. The summed E-state index contributed by atoms with van der Waals surface area (Å²) >= 11 is 6.30. The number of aryl methyl sites for hydroxylation is 1. The van der Waals surface area contributed by atoms with Crippen LogP contribution in [0.2, 0.25) is 0 Å². The fourth-order valence-corrected chi connectivity index (χ4v) is 11.4. The number of hydrogen-bond donors (Lipinski definition) is 2. The van der Waals surface area contributed by atoms with Crippen LogP contribution in [-0.4, -0.2) is 41.7 Å². The third-order valence-corrected chi connectivity index (χ3v) is 13.3. The molecule has 7 atom stereocenters. The predicted octanol–water partition coefficient (Wildman–Crippen LogP) is 6.21. The van der Waals surface area contributed by atoms with Gasteiger partial charge in [0.2, 0.25) is 11.8 Å². The Morgan fingerprint density at radius 3 is 2.49 bits per heavy atom. The van der Waals surface area contributed by atoms with E-state index in [1.807, 2.05) is 55.5 Å². The van der Waals surface area contributed by atoms with Crippen LogP contribution in [0.15, 0.2) is 81.0 Å². The number of aromatic amines is 1. The van der Waals surface area contributed by atoms with Crippen LogP contribution in [0.25, 0.3) is 0 Å². The van der Waals surface area contributed by atoms with E-state index in [4.69, 9.17) is 9.47 Å². The number of hydrogen-bond acceptors (Lipinski definition) is 8. The van der Waals surface area contributed by atoms with Gasteiger partial charge < -0.3 is 19.8 Å². The van der Waals surface area contributed by atoms with E-state index in [1.165, 1.54) is 16.2 Å². The number of amides is 3. The van der Waals surface area contributed by atoms with Crippen LogP contribution >= 0.6 is 39.0 Å². The Morgan fingerprint density at radius 1 is 1.00 bits per heavy atom. The van der Waals surface area contributed by atoms with Crippen LogP contribution in [0.5, 0.6) is 11.5 Å². The number of thioether (sulfide) groups is 1. The number of ether oxygens (including phenoxy) is 2. The number of nitrogens with zero attached hydrogens (tertiary/aromatic N) is 1. The number of benzene rings is 3. The van der Waals surface area contributed by atoms with Gasteiger partial charge >= 0.3 is 4.87 Å². The lowest BCUT2D eigenvalue weighted by Crippen LogP contribution is -2.42. The summed E-state index contributed by atoms with van der Waals surface area (Å²) < 4.78 is 12.5. The standard InChI is InChI=1S/C35H30BrN3O6S2/c1-16-5-3-4-6-22(16)37-25(40)15-45-23-12-7-17(13-24(23)44-2)26-27-20-14-21(30(27)46-32-31(26)47-35(43)38-32)29-28(20)33(41)39(34(29)42)19-10-8-18(36)9-11-19/h3-13,20-21,26-30H,14-15H2,1-2H3,(H,37,40)(H,38,43)/t20-,21-,26+,27-,28+,29+,30-/m1/s1. The Labute approximate surface area is 287 Å². The van der Waals surface area contributed by atoms with Crippen molar-refractivity contribution in [3.63, 3.8) is 0 Å². The summed E-state index contributed by atoms with van der Waals surface area (Å²) in [7, 11) is 1.56. The summed E-state index contributed by atoms with van der Waals surface area (Å²) in [6.45, 7) is 1.73. The van der Waals surface area contributed by atoms with E-state index in [-0.39, 0.29) is 64.0 Å². The summed E-state index contributed by atoms with van der Waals surface area (Å²) in [5, 5.41) is 3.78. The summed E-state index contributed by atoms with van der Waals surface area (Å²) in [4.78, 5) is 58.5. The third-order valence-electron chi connectivity index (χ3n) is 10.1. The first kappa shape index (κ1) is 30.5. The van der Waals surface area contributed by atoms with Gasteiger partial charge in [-0.3, -0.25) is 24.1 Å². The maximum atomic E-state index is 14.0. The first-order valence-electron chi connectivity index (χ1n) is 15.4. The Hall–Kier alpha value is -3.87. The fraction of sp³-hybridized carbons (Fsp3) is 0.314. The maximum Gasteiger partial charge on any atom is 0.305 e. The van der Waals surface area contributed by atoms with Crippen molar-refractivity contribution in [2.75, 3.05) is 23.9 Å². The minimum atomic E-state index is -0.394. The molecule has 0 unspecified atom stereocenters. The van der Waals surface area contributed by atoms with Crippen molar-refractivity contribution in [3.05, 3.63) is 96.9 Å². The maximum absolute atomic E-state index is 14.0. The van der Waals surface area contributed by atoms with Gasteiger partial charge in [0.1, 0.15) is 0 Å². The number of aromatic nitrogens is 1. The van der Waals surface area contributed by atoms with Crippen molar-refractivity contribution in [3.8, 4) is 11.5 Å². The Morgan fingerprint density at radius 2 is 1.74 bits per heavy atom. The van der Waals surface area contributed by atoms with Gasteiger partial charge in [-0.2, -0.15) is 0 Å². The molecule has 1 saturated heterocycles. The van der Waals surface area contributed by atoms with Crippen molar-refractivity contribution in [2.45, 2.75) is 29.5 Å². The number of anilines is 2. The van der Waals surface area contributed by atoms with E-state index in [0.29, 0.717) is 17.2 Å². The molecule has 2 bridgehead atoms. The first-order chi connectivity index (χ1) is 22.7. The molecule has 2 aliphatic carbocycles. The zero-order valence-corrected chi connectivity index (χ0v) is 28.6. The van der Waals surface area contributed by atoms with E-state index < -0.39 is 5.92 Å². The second kappa shape index (κ2) is 11.7. The molecule has 12 heteroatoms. The quantitative estimate of drug-likeness (QED) is 0.217. The normalized spacial score (nSPS) is 27.0. The van der Waals surface area contributed by atoms with Gasteiger partial charge in [0.15, 0.2) is 18.1 Å². The molecule has 4 aromatic rings. The molecule has 3 fully saturated rings. The third kappa shape index (κ3) is 4.95. The van der Waals surface area contributed by atoms with Crippen molar-refractivity contribution in [1.29, 1.82) is 0 Å². The number of H-pyrrole nitrogens is 1. The number of carbonyl (C=O) groups is 3. The van der Waals surface area contributed by atoms with Gasteiger partial charge in [0, 0.05) is 26.2 Å². The summed E-state index contributed by atoms with van der Waals surface area (Å²) in [6.07, 6.45) is 0.799. The van der Waals surface area contributed by atoms with Crippen LogP contribution in [0.4, 0.5) is 11.4 Å². The molecule has 240 valence electrons. The molecular formula is C35H30BrN3O6S2. The lowest BCUT2D eigenvalue weighted by atomic mass is 9.68. The van der Waals surface area contributed by atoms with Gasteiger partial charge in [-0.1, -0.05) is 51.5 Å². The van der Waals surface area contributed by atoms with E-state index in [1.54, 1.807) is 37.1 Å². The lowest BCUT2D eigenvalue weighted by Gasteiger charge is -2.43.